The lowest BCUT2D eigenvalue weighted by Crippen LogP contribution is -1.88. The monoisotopic (exact) mass is 156 g/mol. The molecule has 1 aromatic carbocycles. The molecule has 0 amide bonds. The third kappa shape index (κ3) is 0.911. The number of hydrogen-bond acceptors (Lipinski definition) is 2. The Balaban J connectivity index is 2.64. The second-order valence-corrected chi connectivity index (χ2v) is 2.95. The van der Waals surface area contributed by atoms with E-state index in [-0.39, 0.29) is 0 Å². The number of benzene rings is 1. The number of fused-ring (bicyclic) bond motifs is 1. The average Bonchev–Trinajstić information content (AvgIpc) is 2.44. The Bertz CT molecular complexity index is 397. The highest BCUT2D eigenvalue weighted by atomic mass is 14.8. The van der Waals surface area contributed by atoms with Gasteiger partial charge in [0.05, 0.1) is 11.3 Å². The maximum atomic E-state index is 8.77. The first kappa shape index (κ1) is 7.05. The number of para-hydroxylation sites is 1. The van der Waals surface area contributed by atoms with Gasteiger partial charge in [0.25, 0.3) is 0 Å². The van der Waals surface area contributed by atoms with Crippen molar-refractivity contribution < 1.29 is 0 Å². The molecule has 0 N–H and O–H groups in total. The van der Waals surface area contributed by atoms with E-state index >= 15 is 0 Å². The molecule has 0 aliphatic carbocycles. The Morgan fingerprint density at radius 3 is 3.08 bits per heavy atom. The van der Waals surface area contributed by atoms with Gasteiger partial charge in [0, 0.05) is 12.1 Å². The van der Waals surface area contributed by atoms with E-state index in [0.29, 0.717) is 5.56 Å². The summed E-state index contributed by atoms with van der Waals surface area (Å²) < 4.78 is 0. The van der Waals surface area contributed by atoms with Crippen molar-refractivity contribution in [3.8, 4) is 6.07 Å². The van der Waals surface area contributed by atoms with Gasteiger partial charge in [-0.2, -0.15) is 5.26 Å². The summed E-state index contributed by atoms with van der Waals surface area (Å²) in [6, 6.07) is 7.88. The van der Waals surface area contributed by atoms with Crippen LogP contribution in [0.3, 0.4) is 0 Å². The van der Waals surface area contributed by atoms with Crippen LogP contribution in [0.15, 0.2) is 23.2 Å². The zero-order valence-corrected chi connectivity index (χ0v) is 6.83. The summed E-state index contributed by atoms with van der Waals surface area (Å²) in [5, 5.41) is 8.77. The minimum atomic E-state index is 0.685. The third-order valence-corrected chi connectivity index (χ3v) is 1.99. The van der Waals surface area contributed by atoms with Gasteiger partial charge in [-0.25, -0.2) is 0 Å². The highest BCUT2D eigenvalue weighted by Gasteiger charge is 2.13. The van der Waals surface area contributed by atoms with Crippen LogP contribution in [-0.4, -0.2) is 5.71 Å². The van der Waals surface area contributed by atoms with E-state index in [4.69, 9.17) is 5.26 Å². The second kappa shape index (κ2) is 2.46. The fourth-order valence-corrected chi connectivity index (χ4v) is 1.46. The van der Waals surface area contributed by atoms with Gasteiger partial charge in [0.1, 0.15) is 6.07 Å². The molecule has 1 aliphatic heterocycles. The first-order valence-electron chi connectivity index (χ1n) is 3.87. The van der Waals surface area contributed by atoms with E-state index in [1.807, 2.05) is 19.1 Å². The number of hydrogen-bond donors (Lipinski definition) is 0. The summed E-state index contributed by atoms with van der Waals surface area (Å²) >= 11 is 0. The van der Waals surface area contributed by atoms with Crippen LogP contribution >= 0.6 is 0 Å². The predicted molar refractivity (Wildman–Crippen MR) is 47.6 cm³/mol. The number of nitriles is 1. The quantitative estimate of drug-likeness (QED) is 0.567. The third-order valence-electron chi connectivity index (χ3n) is 1.99. The maximum Gasteiger partial charge on any atom is 0.101 e. The van der Waals surface area contributed by atoms with Crippen molar-refractivity contribution in [2.45, 2.75) is 13.3 Å². The standard InChI is InChI=1S/C10H8N2/c1-7-5-8-3-2-4-9(6-11)10(8)12-7/h2-4H,5H2,1H3. The lowest BCUT2D eigenvalue weighted by molar-refractivity contribution is 1.37. The van der Waals surface area contributed by atoms with E-state index in [9.17, 15) is 0 Å². The summed E-state index contributed by atoms with van der Waals surface area (Å²) in [7, 11) is 0. The summed E-state index contributed by atoms with van der Waals surface area (Å²) in [5.74, 6) is 0. The first-order valence-corrected chi connectivity index (χ1v) is 3.87. The van der Waals surface area contributed by atoms with E-state index in [1.165, 1.54) is 5.56 Å². The highest BCUT2D eigenvalue weighted by molar-refractivity contribution is 5.93. The molecular weight excluding hydrogens is 148 g/mol. The van der Waals surface area contributed by atoms with Gasteiger partial charge in [-0.1, -0.05) is 12.1 Å². The number of aliphatic imine (C=N–C) groups is 1. The molecule has 0 unspecified atom stereocenters. The van der Waals surface area contributed by atoms with E-state index in [0.717, 1.165) is 17.8 Å². The molecule has 1 aliphatic rings. The van der Waals surface area contributed by atoms with Crippen LogP contribution in [0, 0.1) is 11.3 Å². The van der Waals surface area contributed by atoms with Gasteiger partial charge in [-0.05, 0) is 18.6 Å². The fraction of sp³-hybridized carbons (Fsp3) is 0.200. The molecule has 2 heteroatoms. The van der Waals surface area contributed by atoms with Crippen LogP contribution in [0.1, 0.15) is 18.1 Å². The molecule has 2 nitrogen and oxygen atoms in total. The smallest absolute Gasteiger partial charge is 0.101 e. The van der Waals surface area contributed by atoms with Gasteiger partial charge in [-0.15, -0.1) is 0 Å². The van der Waals surface area contributed by atoms with Gasteiger partial charge in [0.15, 0.2) is 0 Å². The summed E-state index contributed by atoms with van der Waals surface area (Å²) in [6.45, 7) is 1.99. The van der Waals surface area contributed by atoms with Crippen LogP contribution in [0.2, 0.25) is 0 Å². The normalized spacial score (nSPS) is 13.5. The second-order valence-electron chi connectivity index (χ2n) is 2.95. The van der Waals surface area contributed by atoms with Crippen molar-refractivity contribution in [1.82, 2.24) is 0 Å². The topological polar surface area (TPSA) is 36.1 Å². The van der Waals surface area contributed by atoms with Crippen molar-refractivity contribution in [3.63, 3.8) is 0 Å². The van der Waals surface area contributed by atoms with E-state index in [1.54, 1.807) is 6.07 Å². The minimum Gasteiger partial charge on any atom is -0.256 e. The molecule has 0 atom stereocenters. The zero-order valence-electron chi connectivity index (χ0n) is 6.83. The van der Waals surface area contributed by atoms with Crippen molar-refractivity contribution >= 4 is 11.4 Å². The van der Waals surface area contributed by atoms with Crippen LogP contribution in [0.25, 0.3) is 0 Å². The molecule has 2 rings (SSSR count). The Kier molecular flexibility index (Phi) is 1.44. The fourth-order valence-electron chi connectivity index (χ4n) is 1.46. The highest BCUT2D eigenvalue weighted by Crippen LogP contribution is 2.29. The van der Waals surface area contributed by atoms with Crippen LogP contribution in [0.5, 0.6) is 0 Å². The van der Waals surface area contributed by atoms with E-state index < -0.39 is 0 Å². The number of nitrogens with zero attached hydrogens (tertiary/aromatic N) is 2. The molecule has 0 radical (unpaired) electrons. The van der Waals surface area contributed by atoms with Gasteiger partial charge in [-0.3, -0.25) is 4.99 Å². The van der Waals surface area contributed by atoms with E-state index in [2.05, 4.69) is 11.1 Å². The SMILES string of the molecule is CC1=Nc2c(C#N)cccc2C1. The summed E-state index contributed by atoms with van der Waals surface area (Å²) in [5.41, 5.74) is 3.82. The van der Waals surface area contributed by atoms with Crippen LogP contribution < -0.4 is 0 Å². The van der Waals surface area contributed by atoms with Crippen molar-refractivity contribution in [1.29, 1.82) is 5.26 Å². The molecule has 0 saturated carbocycles. The first-order chi connectivity index (χ1) is 5.81. The molecule has 58 valence electrons. The summed E-state index contributed by atoms with van der Waals surface area (Å²) in [6.07, 6.45) is 0.894. The van der Waals surface area contributed by atoms with Crippen molar-refractivity contribution in [2.75, 3.05) is 0 Å². The molecule has 0 spiro atoms. The Hall–Kier alpha value is -1.62. The van der Waals surface area contributed by atoms with Crippen molar-refractivity contribution in [2.24, 2.45) is 4.99 Å². The Morgan fingerprint density at radius 2 is 2.33 bits per heavy atom. The van der Waals surface area contributed by atoms with Gasteiger partial charge < -0.3 is 0 Å². The van der Waals surface area contributed by atoms with Crippen LogP contribution in [-0.2, 0) is 6.42 Å². The molecule has 1 heterocycles. The Morgan fingerprint density at radius 1 is 1.50 bits per heavy atom. The Labute approximate surface area is 71.2 Å². The lowest BCUT2D eigenvalue weighted by atomic mass is 10.1. The lowest BCUT2D eigenvalue weighted by Gasteiger charge is -1.96. The molecule has 12 heavy (non-hydrogen) atoms. The van der Waals surface area contributed by atoms with Crippen molar-refractivity contribution in [3.05, 3.63) is 29.3 Å². The molecule has 0 saturated heterocycles. The zero-order chi connectivity index (χ0) is 8.55. The largest absolute Gasteiger partial charge is 0.256 e. The molecule has 0 aromatic heterocycles. The molecule has 0 fully saturated rings. The van der Waals surface area contributed by atoms with Gasteiger partial charge in [0.2, 0.25) is 0 Å². The predicted octanol–water partition coefficient (Wildman–Crippen LogP) is 2.21. The molecule has 1 aromatic rings. The van der Waals surface area contributed by atoms with Crippen LogP contribution in [0.4, 0.5) is 5.69 Å². The van der Waals surface area contributed by atoms with Gasteiger partial charge >= 0.3 is 0 Å². The maximum absolute atomic E-state index is 8.77. The summed E-state index contributed by atoms with van der Waals surface area (Å²) in [4.78, 5) is 4.32. The number of rotatable bonds is 0. The average molecular weight is 156 g/mol. The molecule has 0 bridgehead atoms. The molecular formula is C10H8N2. The minimum absolute atomic E-state index is 0.685.